The molecule has 1 fully saturated rings. The van der Waals surface area contributed by atoms with Gasteiger partial charge in [0, 0.05) is 6.04 Å². The molecule has 5 N–H and O–H groups in total. The second kappa shape index (κ2) is 4.15. The number of nitrogens with one attached hydrogen (secondary N) is 1. The average Bonchev–Trinajstić information content (AvgIpc) is 2.45. The van der Waals surface area contributed by atoms with Gasteiger partial charge in [0.2, 0.25) is 0 Å². The third-order valence-electron chi connectivity index (χ3n) is 2.24. The van der Waals surface area contributed by atoms with Crippen LogP contribution in [0.15, 0.2) is 0 Å². The van der Waals surface area contributed by atoms with Gasteiger partial charge in [0.05, 0.1) is 31.5 Å². The summed E-state index contributed by atoms with van der Waals surface area (Å²) in [5.41, 5.74) is 0. The first-order chi connectivity index (χ1) is 5.69. The van der Waals surface area contributed by atoms with Gasteiger partial charge in [-0.15, -0.1) is 0 Å². The van der Waals surface area contributed by atoms with Crippen LogP contribution in [0.1, 0.15) is 6.42 Å². The highest BCUT2D eigenvalue weighted by Crippen LogP contribution is 2.15. The Morgan fingerprint density at radius 1 is 1.42 bits per heavy atom. The molecule has 1 aliphatic rings. The summed E-state index contributed by atoms with van der Waals surface area (Å²) in [6.07, 6.45) is -1.13. The van der Waals surface area contributed by atoms with Gasteiger partial charge in [-0.05, 0) is 6.42 Å². The van der Waals surface area contributed by atoms with E-state index in [2.05, 4.69) is 5.32 Å². The molecular weight excluding hydrogens is 162 g/mol. The second-order valence-corrected chi connectivity index (χ2v) is 3.12. The van der Waals surface area contributed by atoms with Gasteiger partial charge in [-0.3, -0.25) is 0 Å². The highest BCUT2D eigenvalue weighted by molar-refractivity contribution is 4.93. The van der Waals surface area contributed by atoms with Crippen LogP contribution in [-0.2, 0) is 0 Å². The maximum atomic E-state index is 9.29. The summed E-state index contributed by atoms with van der Waals surface area (Å²) in [6.45, 7) is -0.488. The van der Waals surface area contributed by atoms with Crippen LogP contribution in [0.4, 0.5) is 0 Å². The molecule has 0 aliphatic carbocycles. The fraction of sp³-hybridized carbons (Fsp3) is 1.00. The zero-order chi connectivity index (χ0) is 9.14. The minimum atomic E-state index is -0.865. The zero-order valence-electron chi connectivity index (χ0n) is 6.72. The topological polar surface area (TPSA) is 93.0 Å². The van der Waals surface area contributed by atoms with Crippen LogP contribution in [0, 0.1) is 0 Å². The van der Waals surface area contributed by atoms with E-state index in [9.17, 15) is 10.2 Å². The van der Waals surface area contributed by atoms with Crippen molar-refractivity contribution < 1.29 is 20.4 Å². The lowest BCUT2D eigenvalue weighted by Gasteiger charge is -2.16. The quantitative estimate of drug-likeness (QED) is 0.326. The van der Waals surface area contributed by atoms with E-state index in [1.54, 1.807) is 0 Å². The van der Waals surface area contributed by atoms with Gasteiger partial charge in [0.1, 0.15) is 0 Å². The standard InChI is InChI=1S/C7H15NO4/c9-2-5-6(11)1-4(8-5)7(12)3-10/h4-12H,1-3H2/t4-,5+,6-,7-/m1/s1. The van der Waals surface area contributed by atoms with Gasteiger partial charge < -0.3 is 25.7 Å². The van der Waals surface area contributed by atoms with Crippen LogP contribution >= 0.6 is 0 Å². The first-order valence-electron chi connectivity index (χ1n) is 4.03. The van der Waals surface area contributed by atoms with Crippen molar-refractivity contribution in [2.75, 3.05) is 13.2 Å². The molecular formula is C7H15NO4. The first-order valence-corrected chi connectivity index (χ1v) is 4.03. The van der Waals surface area contributed by atoms with E-state index in [-0.39, 0.29) is 25.3 Å². The van der Waals surface area contributed by atoms with Crippen molar-refractivity contribution in [2.45, 2.75) is 30.7 Å². The fourth-order valence-electron chi connectivity index (χ4n) is 1.45. The van der Waals surface area contributed by atoms with E-state index < -0.39 is 12.2 Å². The highest BCUT2D eigenvalue weighted by atomic mass is 16.3. The normalized spacial score (nSPS) is 38.5. The monoisotopic (exact) mass is 177 g/mol. The van der Waals surface area contributed by atoms with Gasteiger partial charge in [0.25, 0.3) is 0 Å². The smallest absolute Gasteiger partial charge is 0.0924 e. The molecule has 1 saturated heterocycles. The van der Waals surface area contributed by atoms with Crippen LogP contribution in [0.5, 0.6) is 0 Å². The SMILES string of the molecule is OC[C@@H](O)[C@H]1C[C@@H](O)[C@H](CO)N1. The third kappa shape index (κ3) is 1.94. The number of hydrogen-bond donors (Lipinski definition) is 5. The van der Waals surface area contributed by atoms with Crippen molar-refractivity contribution in [3.63, 3.8) is 0 Å². The Bertz CT molecular complexity index is 143. The Balaban J connectivity index is 2.42. The van der Waals surface area contributed by atoms with Crippen LogP contribution in [0.2, 0.25) is 0 Å². The molecule has 4 atom stereocenters. The van der Waals surface area contributed by atoms with E-state index in [0.717, 1.165) is 0 Å². The molecule has 12 heavy (non-hydrogen) atoms. The third-order valence-corrected chi connectivity index (χ3v) is 2.24. The van der Waals surface area contributed by atoms with Crippen molar-refractivity contribution in [3.8, 4) is 0 Å². The Hall–Kier alpha value is -0.200. The molecule has 0 radical (unpaired) electrons. The summed E-state index contributed by atoms with van der Waals surface area (Å²) < 4.78 is 0. The number of hydrogen-bond acceptors (Lipinski definition) is 5. The van der Waals surface area contributed by atoms with Gasteiger partial charge in [0.15, 0.2) is 0 Å². The molecule has 5 heteroatoms. The van der Waals surface area contributed by atoms with E-state index in [1.807, 2.05) is 0 Å². The molecule has 0 aromatic rings. The maximum Gasteiger partial charge on any atom is 0.0924 e. The Kier molecular flexibility index (Phi) is 3.42. The Labute approximate surface area is 70.6 Å². The van der Waals surface area contributed by atoms with Crippen molar-refractivity contribution >= 4 is 0 Å². The molecule has 0 amide bonds. The molecule has 0 bridgehead atoms. The summed E-state index contributed by atoms with van der Waals surface area (Å²) in [4.78, 5) is 0. The molecule has 0 unspecified atom stereocenters. The van der Waals surface area contributed by atoms with Crippen LogP contribution in [0.3, 0.4) is 0 Å². The molecule has 0 aromatic heterocycles. The molecule has 0 aromatic carbocycles. The molecule has 1 rings (SSSR count). The molecule has 72 valence electrons. The molecule has 0 saturated carbocycles. The maximum absolute atomic E-state index is 9.29. The van der Waals surface area contributed by atoms with Crippen molar-refractivity contribution in [1.29, 1.82) is 0 Å². The Morgan fingerprint density at radius 2 is 2.08 bits per heavy atom. The van der Waals surface area contributed by atoms with E-state index in [4.69, 9.17) is 10.2 Å². The molecule has 0 spiro atoms. The van der Waals surface area contributed by atoms with Gasteiger partial charge in [-0.25, -0.2) is 0 Å². The number of rotatable bonds is 3. The lowest BCUT2D eigenvalue weighted by molar-refractivity contribution is 0.0641. The minimum absolute atomic E-state index is 0.157. The molecule has 5 nitrogen and oxygen atoms in total. The van der Waals surface area contributed by atoms with Crippen molar-refractivity contribution in [2.24, 2.45) is 0 Å². The van der Waals surface area contributed by atoms with Crippen molar-refractivity contribution in [1.82, 2.24) is 5.32 Å². The van der Waals surface area contributed by atoms with Gasteiger partial charge >= 0.3 is 0 Å². The van der Waals surface area contributed by atoms with Gasteiger partial charge in [-0.2, -0.15) is 0 Å². The van der Waals surface area contributed by atoms with E-state index in [1.165, 1.54) is 0 Å². The summed E-state index contributed by atoms with van der Waals surface area (Å²) in [7, 11) is 0. The van der Waals surface area contributed by atoms with Crippen LogP contribution in [-0.4, -0.2) is 57.9 Å². The fourth-order valence-corrected chi connectivity index (χ4v) is 1.45. The lowest BCUT2D eigenvalue weighted by Crippen LogP contribution is -2.42. The summed E-state index contributed by atoms with van der Waals surface area (Å²) in [5.74, 6) is 0. The van der Waals surface area contributed by atoms with Crippen molar-refractivity contribution in [3.05, 3.63) is 0 Å². The lowest BCUT2D eigenvalue weighted by atomic mass is 10.1. The van der Waals surface area contributed by atoms with Gasteiger partial charge in [-0.1, -0.05) is 0 Å². The Morgan fingerprint density at radius 3 is 2.50 bits per heavy atom. The first kappa shape index (κ1) is 9.88. The summed E-state index contributed by atoms with van der Waals surface area (Å²) in [5, 5.41) is 38.7. The second-order valence-electron chi connectivity index (χ2n) is 3.12. The predicted molar refractivity (Wildman–Crippen MR) is 41.5 cm³/mol. The molecule has 1 heterocycles. The average molecular weight is 177 g/mol. The highest BCUT2D eigenvalue weighted by Gasteiger charge is 2.35. The largest absolute Gasteiger partial charge is 0.395 e. The zero-order valence-corrected chi connectivity index (χ0v) is 6.72. The predicted octanol–water partition coefficient (Wildman–Crippen LogP) is -2.58. The van der Waals surface area contributed by atoms with E-state index in [0.29, 0.717) is 6.42 Å². The van der Waals surface area contributed by atoms with Crippen LogP contribution < -0.4 is 5.32 Å². The summed E-state index contributed by atoms with van der Waals surface area (Å²) in [6, 6.07) is -0.696. The number of aliphatic hydroxyl groups is 4. The minimum Gasteiger partial charge on any atom is -0.395 e. The molecule has 1 aliphatic heterocycles. The van der Waals surface area contributed by atoms with E-state index >= 15 is 0 Å². The summed E-state index contributed by atoms with van der Waals surface area (Å²) >= 11 is 0. The number of aliphatic hydroxyl groups excluding tert-OH is 4. The van der Waals surface area contributed by atoms with Crippen LogP contribution in [0.25, 0.3) is 0 Å².